The van der Waals surface area contributed by atoms with Crippen molar-refractivity contribution in [2.75, 3.05) is 0 Å². The number of Topliss-reactive ketones (excluding diaryl/α,β-unsaturated/α-hetero) is 1. The van der Waals surface area contributed by atoms with Crippen molar-refractivity contribution in [2.24, 2.45) is 5.92 Å². The molecule has 0 aliphatic heterocycles. The summed E-state index contributed by atoms with van der Waals surface area (Å²) in [5, 5.41) is 0. The van der Waals surface area contributed by atoms with Crippen LogP contribution in [0.15, 0.2) is 11.6 Å². The van der Waals surface area contributed by atoms with Crippen molar-refractivity contribution in [1.29, 1.82) is 0 Å². The second-order valence-corrected chi connectivity index (χ2v) is 4.34. The van der Waals surface area contributed by atoms with E-state index in [0.717, 1.165) is 19.3 Å². The minimum absolute atomic E-state index is 0.210. The highest BCUT2D eigenvalue weighted by Gasteiger charge is 2.10. The predicted molar refractivity (Wildman–Crippen MR) is 62.4 cm³/mol. The Hall–Kier alpha value is -0.590. The van der Waals surface area contributed by atoms with Gasteiger partial charge in [-0.05, 0) is 26.7 Å². The van der Waals surface area contributed by atoms with Gasteiger partial charge in [0.1, 0.15) is 5.78 Å². The second-order valence-electron chi connectivity index (χ2n) is 4.34. The van der Waals surface area contributed by atoms with Crippen LogP contribution in [-0.2, 0) is 4.79 Å². The van der Waals surface area contributed by atoms with E-state index < -0.39 is 0 Å². The molecule has 0 rings (SSSR count). The number of carbonyl (C=O) groups is 1. The number of unbranched alkanes of at least 4 members (excludes halogenated alkanes) is 2. The van der Waals surface area contributed by atoms with Gasteiger partial charge in [0.2, 0.25) is 0 Å². The zero-order valence-electron chi connectivity index (χ0n) is 10.1. The lowest BCUT2D eigenvalue weighted by atomic mass is 9.97. The van der Waals surface area contributed by atoms with Crippen LogP contribution in [-0.4, -0.2) is 5.78 Å². The Kier molecular flexibility index (Phi) is 7.45. The summed E-state index contributed by atoms with van der Waals surface area (Å²) in [5.41, 5.74) is 1.30. The van der Waals surface area contributed by atoms with Gasteiger partial charge in [-0.25, -0.2) is 0 Å². The van der Waals surface area contributed by atoms with Crippen LogP contribution in [0.2, 0.25) is 0 Å². The quantitative estimate of drug-likeness (QED) is 0.442. The summed E-state index contributed by atoms with van der Waals surface area (Å²) >= 11 is 0. The van der Waals surface area contributed by atoms with E-state index >= 15 is 0 Å². The van der Waals surface area contributed by atoms with Crippen LogP contribution < -0.4 is 0 Å². The van der Waals surface area contributed by atoms with Gasteiger partial charge in [-0.2, -0.15) is 0 Å². The van der Waals surface area contributed by atoms with Crippen molar-refractivity contribution in [3.05, 3.63) is 11.6 Å². The third-order valence-electron chi connectivity index (χ3n) is 2.46. The molecule has 0 saturated carbocycles. The molecule has 0 aliphatic rings. The fourth-order valence-electron chi connectivity index (χ4n) is 1.34. The van der Waals surface area contributed by atoms with E-state index in [9.17, 15) is 4.79 Å². The fourth-order valence-corrected chi connectivity index (χ4v) is 1.34. The average Bonchev–Trinajstić information content (AvgIpc) is 2.14. The maximum absolute atomic E-state index is 11.6. The minimum atomic E-state index is 0.210. The van der Waals surface area contributed by atoms with E-state index in [2.05, 4.69) is 26.8 Å². The van der Waals surface area contributed by atoms with E-state index in [0.29, 0.717) is 5.78 Å². The molecule has 0 saturated heterocycles. The van der Waals surface area contributed by atoms with Crippen molar-refractivity contribution in [1.82, 2.24) is 0 Å². The van der Waals surface area contributed by atoms with Crippen LogP contribution in [0.1, 0.15) is 59.8 Å². The molecule has 0 aromatic heterocycles. The lowest BCUT2D eigenvalue weighted by molar-refractivity contribution is -0.122. The first-order valence-corrected chi connectivity index (χ1v) is 5.74. The predicted octanol–water partition coefficient (Wildman–Crippen LogP) is 4.13. The van der Waals surface area contributed by atoms with Crippen molar-refractivity contribution in [3.8, 4) is 0 Å². The molecule has 0 heterocycles. The summed E-state index contributed by atoms with van der Waals surface area (Å²) < 4.78 is 0. The smallest absolute Gasteiger partial charge is 0.136 e. The summed E-state index contributed by atoms with van der Waals surface area (Å²) in [4.78, 5) is 11.6. The van der Waals surface area contributed by atoms with E-state index in [1.807, 2.05) is 6.92 Å². The molecule has 14 heavy (non-hydrogen) atoms. The number of hydrogen-bond donors (Lipinski definition) is 0. The molecule has 0 aromatic rings. The molecular formula is C13H24O. The van der Waals surface area contributed by atoms with Gasteiger partial charge in [0.15, 0.2) is 0 Å². The summed E-state index contributed by atoms with van der Waals surface area (Å²) in [5.74, 6) is 0.637. The van der Waals surface area contributed by atoms with E-state index in [1.54, 1.807) is 0 Å². The Morgan fingerprint density at radius 3 is 2.43 bits per heavy atom. The molecule has 0 fully saturated rings. The van der Waals surface area contributed by atoms with Gasteiger partial charge in [0, 0.05) is 12.3 Å². The molecule has 0 amide bonds. The number of rotatable bonds is 7. The summed E-state index contributed by atoms with van der Waals surface area (Å²) in [7, 11) is 0. The summed E-state index contributed by atoms with van der Waals surface area (Å²) in [6.07, 6.45) is 7.27. The Balaban J connectivity index is 3.71. The van der Waals surface area contributed by atoms with E-state index in [1.165, 1.54) is 18.4 Å². The molecule has 0 aromatic carbocycles. The Bertz CT molecular complexity index is 187. The lowest BCUT2D eigenvalue weighted by Gasteiger charge is -2.07. The van der Waals surface area contributed by atoms with Gasteiger partial charge >= 0.3 is 0 Å². The van der Waals surface area contributed by atoms with Gasteiger partial charge in [0.25, 0.3) is 0 Å². The Morgan fingerprint density at radius 2 is 1.93 bits per heavy atom. The van der Waals surface area contributed by atoms with Crippen molar-refractivity contribution < 1.29 is 4.79 Å². The third-order valence-corrected chi connectivity index (χ3v) is 2.46. The molecule has 0 N–H and O–H groups in total. The van der Waals surface area contributed by atoms with Crippen LogP contribution in [0.5, 0.6) is 0 Å². The van der Waals surface area contributed by atoms with Crippen LogP contribution in [0.3, 0.4) is 0 Å². The maximum Gasteiger partial charge on any atom is 0.136 e. The molecule has 1 nitrogen and oxygen atoms in total. The van der Waals surface area contributed by atoms with Gasteiger partial charge < -0.3 is 0 Å². The maximum atomic E-state index is 11.6. The molecule has 1 heteroatoms. The first-order valence-electron chi connectivity index (χ1n) is 5.74. The molecule has 0 unspecified atom stereocenters. The SMILES string of the molecule is CCCCCC(=O)[C@@H](C)CC=C(C)C. The molecule has 0 aliphatic carbocycles. The van der Waals surface area contributed by atoms with Crippen LogP contribution >= 0.6 is 0 Å². The lowest BCUT2D eigenvalue weighted by Crippen LogP contribution is -2.09. The highest BCUT2D eigenvalue weighted by molar-refractivity contribution is 5.80. The number of allylic oxidation sites excluding steroid dienone is 2. The molecule has 0 bridgehead atoms. The Labute approximate surface area is 88.6 Å². The van der Waals surface area contributed by atoms with Gasteiger partial charge in [0.05, 0.1) is 0 Å². The number of hydrogen-bond acceptors (Lipinski definition) is 1. The van der Waals surface area contributed by atoms with Crippen LogP contribution in [0, 0.1) is 5.92 Å². The standard InChI is InChI=1S/C13H24O/c1-5-6-7-8-13(14)12(4)10-9-11(2)3/h9,12H,5-8,10H2,1-4H3/t12-/m0/s1. The van der Waals surface area contributed by atoms with Crippen molar-refractivity contribution >= 4 is 5.78 Å². The molecular weight excluding hydrogens is 172 g/mol. The molecule has 82 valence electrons. The summed E-state index contributed by atoms with van der Waals surface area (Å²) in [6.45, 7) is 8.35. The van der Waals surface area contributed by atoms with Crippen LogP contribution in [0.4, 0.5) is 0 Å². The Morgan fingerprint density at radius 1 is 1.29 bits per heavy atom. The average molecular weight is 196 g/mol. The van der Waals surface area contributed by atoms with Crippen molar-refractivity contribution in [3.63, 3.8) is 0 Å². The monoisotopic (exact) mass is 196 g/mol. The number of carbonyl (C=O) groups excluding carboxylic acids is 1. The zero-order chi connectivity index (χ0) is 11.0. The largest absolute Gasteiger partial charge is 0.299 e. The molecule has 0 radical (unpaired) electrons. The van der Waals surface area contributed by atoms with Gasteiger partial charge in [-0.15, -0.1) is 0 Å². The fraction of sp³-hybridized carbons (Fsp3) is 0.769. The number of ketones is 1. The van der Waals surface area contributed by atoms with Crippen molar-refractivity contribution in [2.45, 2.75) is 59.8 Å². The van der Waals surface area contributed by atoms with E-state index in [-0.39, 0.29) is 5.92 Å². The highest BCUT2D eigenvalue weighted by atomic mass is 16.1. The second kappa shape index (κ2) is 7.78. The van der Waals surface area contributed by atoms with Gasteiger partial charge in [-0.1, -0.05) is 38.3 Å². The topological polar surface area (TPSA) is 17.1 Å². The molecule has 1 atom stereocenters. The highest BCUT2D eigenvalue weighted by Crippen LogP contribution is 2.11. The summed E-state index contributed by atoms with van der Waals surface area (Å²) in [6, 6.07) is 0. The molecule has 0 spiro atoms. The zero-order valence-corrected chi connectivity index (χ0v) is 10.1. The van der Waals surface area contributed by atoms with Gasteiger partial charge in [-0.3, -0.25) is 4.79 Å². The first-order chi connectivity index (χ1) is 6.57. The van der Waals surface area contributed by atoms with E-state index in [4.69, 9.17) is 0 Å². The normalized spacial score (nSPS) is 12.3. The minimum Gasteiger partial charge on any atom is -0.299 e. The third kappa shape index (κ3) is 6.88. The van der Waals surface area contributed by atoms with Crippen LogP contribution in [0.25, 0.3) is 0 Å². The first kappa shape index (κ1) is 13.4.